The Labute approximate surface area is 56.8 Å². The van der Waals surface area contributed by atoms with Crippen LogP contribution in [-0.4, -0.2) is 20.5 Å². The van der Waals surface area contributed by atoms with E-state index in [0.29, 0.717) is 0 Å². The van der Waals surface area contributed by atoms with Crippen LogP contribution in [0.3, 0.4) is 0 Å². The average Bonchev–Trinajstić information content (AvgIpc) is 1.60. The summed E-state index contributed by atoms with van der Waals surface area (Å²) < 4.78 is 33.9. The van der Waals surface area contributed by atoms with E-state index in [1.54, 1.807) is 0 Å². The van der Waals surface area contributed by atoms with Gasteiger partial charge in [0.05, 0.1) is 5.97 Å². The molecular formula is C3H4FO5S-. The number of carboxylic acid groups (broad SMARTS) is 1. The monoisotopic (exact) mass is 171 g/mol. The molecule has 0 amide bonds. The summed E-state index contributed by atoms with van der Waals surface area (Å²) in [5.41, 5.74) is 0. The van der Waals surface area contributed by atoms with Gasteiger partial charge in [-0.15, -0.1) is 0 Å². The molecule has 5 nitrogen and oxygen atoms in total. The number of carbonyl (C=O) groups excluding carboxylic acids is 1. The third-order valence-corrected chi connectivity index (χ3v) is 1.11. The molecule has 0 bridgehead atoms. The molecule has 0 fully saturated rings. The molecule has 0 aromatic heterocycles. The van der Waals surface area contributed by atoms with Crippen LogP contribution in [0.1, 0.15) is 6.92 Å². The Hall–Kier alpha value is -0.690. The molecule has 0 aliphatic heterocycles. The fourth-order valence-corrected chi connectivity index (χ4v) is 0.635. The number of rotatable bonds is 3. The second-order valence-corrected chi connectivity index (χ2v) is 2.43. The van der Waals surface area contributed by atoms with Gasteiger partial charge in [0.1, 0.15) is 6.10 Å². The van der Waals surface area contributed by atoms with E-state index in [4.69, 9.17) is 0 Å². The third kappa shape index (κ3) is 4.21. The molecule has 10 heavy (non-hydrogen) atoms. The normalized spacial score (nSPS) is 14.6. The summed E-state index contributed by atoms with van der Waals surface area (Å²) in [6.45, 7) is 0.840. The van der Waals surface area contributed by atoms with Crippen LogP contribution in [0.4, 0.5) is 3.89 Å². The molecule has 0 saturated heterocycles. The Balaban J connectivity index is 4.06. The van der Waals surface area contributed by atoms with Crippen molar-refractivity contribution < 1.29 is 26.4 Å². The molecule has 0 aromatic rings. The second kappa shape index (κ2) is 2.93. The van der Waals surface area contributed by atoms with E-state index in [-0.39, 0.29) is 0 Å². The van der Waals surface area contributed by atoms with Gasteiger partial charge in [-0.2, -0.15) is 8.42 Å². The lowest BCUT2D eigenvalue weighted by Crippen LogP contribution is -2.36. The van der Waals surface area contributed by atoms with Gasteiger partial charge in [-0.25, -0.2) is 4.18 Å². The van der Waals surface area contributed by atoms with E-state index in [1.807, 2.05) is 0 Å². The van der Waals surface area contributed by atoms with Gasteiger partial charge in [-0.3, -0.25) is 0 Å². The van der Waals surface area contributed by atoms with Crippen molar-refractivity contribution in [2.45, 2.75) is 13.0 Å². The molecule has 1 atom stereocenters. The van der Waals surface area contributed by atoms with Gasteiger partial charge in [-0.1, -0.05) is 3.89 Å². The minimum absolute atomic E-state index is 0.840. The van der Waals surface area contributed by atoms with Gasteiger partial charge in [0.25, 0.3) is 0 Å². The highest BCUT2D eigenvalue weighted by Crippen LogP contribution is 1.98. The highest BCUT2D eigenvalue weighted by Gasteiger charge is 2.14. The van der Waals surface area contributed by atoms with E-state index in [2.05, 4.69) is 4.18 Å². The van der Waals surface area contributed by atoms with Gasteiger partial charge >= 0.3 is 10.5 Å². The minimum atomic E-state index is -5.19. The molecule has 0 aliphatic rings. The lowest BCUT2D eigenvalue weighted by molar-refractivity contribution is -0.312. The summed E-state index contributed by atoms with van der Waals surface area (Å²) in [5, 5.41) is 9.71. The smallest absolute Gasteiger partial charge is 0.438 e. The standard InChI is InChI=1S/C3H5FO5S/c1-2(3(5)6)9-10(4,7)8/h2H,1H3,(H,5,6)/p-1. The van der Waals surface area contributed by atoms with Crippen molar-refractivity contribution in [3.05, 3.63) is 0 Å². The van der Waals surface area contributed by atoms with Crippen LogP contribution in [0, 0.1) is 0 Å². The number of carbonyl (C=O) groups is 1. The number of hydrogen-bond donors (Lipinski definition) is 0. The highest BCUT2D eigenvalue weighted by atomic mass is 32.3. The third-order valence-electron chi connectivity index (χ3n) is 0.591. The number of aliphatic carboxylic acids is 1. The Morgan fingerprint density at radius 3 is 2.20 bits per heavy atom. The summed E-state index contributed by atoms with van der Waals surface area (Å²) in [6.07, 6.45) is -1.80. The van der Waals surface area contributed by atoms with Crippen molar-refractivity contribution in [3.63, 3.8) is 0 Å². The van der Waals surface area contributed by atoms with Crippen molar-refractivity contribution in [2.24, 2.45) is 0 Å². The SMILES string of the molecule is CC(OS(=O)(=O)F)C(=O)[O-]. The first-order valence-corrected chi connectivity index (χ1v) is 3.47. The van der Waals surface area contributed by atoms with Crippen LogP contribution in [0.2, 0.25) is 0 Å². The Morgan fingerprint density at radius 2 is 2.10 bits per heavy atom. The van der Waals surface area contributed by atoms with E-state index in [9.17, 15) is 22.2 Å². The van der Waals surface area contributed by atoms with Gasteiger partial charge in [0, 0.05) is 0 Å². The van der Waals surface area contributed by atoms with Crippen LogP contribution in [0.15, 0.2) is 0 Å². The van der Waals surface area contributed by atoms with Crippen LogP contribution in [-0.2, 0) is 19.5 Å². The summed E-state index contributed by atoms with van der Waals surface area (Å²) in [6, 6.07) is 0. The van der Waals surface area contributed by atoms with Crippen molar-refractivity contribution in [3.8, 4) is 0 Å². The lowest BCUT2D eigenvalue weighted by Gasteiger charge is -2.08. The van der Waals surface area contributed by atoms with Crippen molar-refractivity contribution in [1.82, 2.24) is 0 Å². The molecule has 0 aliphatic carbocycles. The first-order valence-electron chi connectivity index (χ1n) is 2.16. The summed E-state index contributed by atoms with van der Waals surface area (Å²) >= 11 is 0. The van der Waals surface area contributed by atoms with Gasteiger partial charge in [0.15, 0.2) is 0 Å². The average molecular weight is 171 g/mol. The maximum absolute atomic E-state index is 11.5. The molecule has 0 radical (unpaired) electrons. The zero-order chi connectivity index (χ0) is 8.36. The predicted molar refractivity (Wildman–Crippen MR) is 25.6 cm³/mol. The first-order chi connectivity index (χ1) is 4.33. The molecule has 0 spiro atoms. The zero-order valence-electron chi connectivity index (χ0n) is 4.90. The predicted octanol–water partition coefficient (Wildman–Crippen LogP) is -1.64. The zero-order valence-corrected chi connectivity index (χ0v) is 5.72. The fourth-order valence-electron chi connectivity index (χ4n) is 0.212. The summed E-state index contributed by atoms with van der Waals surface area (Å²) in [4.78, 5) is 9.71. The molecule has 60 valence electrons. The van der Waals surface area contributed by atoms with Gasteiger partial charge < -0.3 is 9.90 Å². The van der Waals surface area contributed by atoms with Crippen LogP contribution < -0.4 is 5.11 Å². The quantitative estimate of drug-likeness (QED) is 0.475. The molecule has 7 heteroatoms. The lowest BCUT2D eigenvalue weighted by atomic mass is 10.4. The van der Waals surface area contributed by atoms with E-state index >= 15 is 0 Å². The van der Waals surface area contributed by atoms with Crippen LogP contribution in [0.5, 0.6) is 0 Å². The fraction of sp³-hybridized carbons (Fsp3) is 0.667. The topological polar surface area (TPSA) is 83.5 Å². The Bertz CT molecular complexity index is 219. The van der Waals surface area contributed by atoms with E-state index in [0.717, 1.165) is 6.92 Å². The van der Waals surface area contributed by atoms with Crippen molar-refractivity contribution in [1.29, 1.82) is 0 Å². The van der Waals surface area contributed by atoms with Crippen molar-refractivity contribution in [2.75, 3.05) is 0 Å². The molecular weight excluding hydrogens is 167 g/mol. The molecule has 0 saturated carbocycles. The van der Waals surface area contributed by atoms with Crippen LogP contribution >= 0.6 is 0 Å². The number of hydrogen-bond acceptors (Lipinski definition) is 5. The highest BCUT2D eigenvalue weighted by molar-refractivity contribution is 7.81. The maximum Gasteiger partial charge on any atom is 0.438 e. The van der Waals surface area contributed by atoms with E-state index in [1.165, 1.54) is 0 Å². The number of carboxylic acids is 1. The number of halogens is 1. The van der Waals surface area contributed by atoms with Gasteiger partial charge in [0.2, 0.25) is 0 Å². The molecule has 0 rings (SSSR count). The second-order valence-electron chi connectivity index (χ2n) is 1.45. The molecule has 0 aromatic carbocycles. The minimum Gasteiger partial charge on any atom is -0.547 e. The van der Waals surface area contributed by atoms with Gasteiger partial charge in [-0.05, 0) is 6.92 Å². The van der Waals surface area contributed by atoms with Crippen molar-refractivity contribution >= 4 is 16.5 Å². The largest absolute Gasteiger partial charge is 0.547 e. The first kappa shape index (κ1) is 9.31. The summed E-state index contributed by atoms with van der Waals surface area (Å²) in [7, 11) is -5.19. The Kier molecular flexibility index (Phi) is 2.73. The van der Waals surface area contributed by atoms with Crippen LogP contribution in [0.25, 0.3) is 0 Å². The molecule has 1 unspecified atom stereocenters. The Morgan fingerprint density at radius 1 is 1.70 bits per heavy atom. The molecule has 0 heterocycles. The maximum atomic E-state index is 11.5. The molecule has 0 N–H and O–H groups in total. The summed E-state index contributed by atoms with van der Waals surface area (Å²) in [5.74, 6) is -1.79. The van der Waals surface area contributed by atoms with E-state index < -0.39 is 22.6 Å².